The van der Waals surface area contributed by atoms with Gasteiger partial charge in [-0.05, 0) is 6.92 Å². The van der Waals surface area contributed by atoms with Crippen LogP contribution in [0.1, 0.15) is 6.92 Å². The SMILES string of the molecule is CCNc1ncc([N+](=O)[O-])c(N(CC(N)=O)CC(N)=O)n1. The molecule has 0 unspecified atom stereocenters. The summed E-state index contributed by atoms with van der Waals surface area (Å²) >= 11 is 0. The number of aromatic nitrogens is 2. The number of hydrogen-bond acceptors (Lipinski definition) is 8. The third kappa shape index (κ3) is 4.56. The summed E-state index contributed by atoms with van der Waals surface area (Å²) in [4.78, 5) is 41.1. The second kappa shape index (κ2) is 6.98. The Hall–Kier alpha value is -2.98. The van der Waals surface area contributed by atoms with Crippen molar-refractivity contribution in [2.75, 3.05) is 29.9 Å². The number of carbonyl (C=O) groups is 2. The Kier molecular flexibility index (Phi) is 5.34. The molecule has 0 saturated carbocycles. The van der Waals surface area contributed by atoms with E-state index in [0.29, 0.717) is 6.54 Å². The van der Waals surface area contributed by atoms with Crippen LogP contribution in [0, 0.1) is 10.1 Å². The van der Waals surface area contributed by atoms with E-state index >= 15 is 0 Å². The van der Waals surface area contributed by atoms with Gasteiger partial charge in [0.2, 0.25) is 23.6 Å². The molecule has 2 amide bonds. The molecule has 5 N–H and O–H groups in total. The highest BCUT2D eigenvalue weighted by Crippen LogP contribution is 2.25. The highest BCUT2D eigenvalue weighted by atomic mass is 16.6. The fourth-order valence-electron chi connectivity index (χ4n) is 1.55. The van der Waals surface area contributed by atoms with Crippen molar-refractivity contribution in [3.05, 3.63) is 16.3 Å². The molecule has 0 aliphatic rings. The summed E-state index contributed by atoms with van der Waals surface area (Å²) in [7, 11) is 0. The summed E-state index contributed by atoms with van der Waals surface area (Å²) in [5, 5.41) is 13.8. The number of hydrogen-bond donors (Lipinski definition) is 3. The fraction of sp³-hybridized carbons (Fsp3) is 0.400. The minimum atomic E-state index is -0.783. The number of nitrogens with two attached hydrogens (primary N) is 2. The zero-order valence-electron chi connectivity index (χ0n) is 11.3. The largest absolute Gasteiger partial charge is 0.368 e. The molecular weight excluding hydrogens is 282 g/mol. The highest BCUT2D eigenvalue weighted by molar-refractivity contribution is 5.85. The van der Waals surface area contributed by atoms with Crippen LogP contribution in [0.2, 0.25) is 0 Å². The van der Waals surface area contributed by atoms with Crippen LogP contribution in [-0.2, 0) is 9.59 Å². The lowest BCUT2D eigenvalue weighted by Crippen LogP contribution is -2.40. The van der Waals surface area contributed by atoms with E-state index < -0.39 is 35.5 Å². The molecule has 0 fully saturated rings. The highest BCUT2D eigenvalue weighted by Gasteiger charge is 2.25. The molecule has 0 spiro atoms. The second-order valence-electron chi connectivity index (χ2n) is 3.98. The summed E-state index contributed by atoms with van der Waals surface area (Å²) < 4.78 is 0. The lowest BCUT2D eigenvalue weighted by atomic mass is 10.3. The van der Waals surface area contributed by atoms with Crippen molar-refractivity contribution in [1.29, 1.82) is 0 Å². The standard InChI is InChI=1S/C10H15N7O4/c1-2-13-10-14-3-6(17(20)21)9(15-10)16(4-7(11)18)5-8(12)19/h3H,2,4-5H2,1H3,(H2,11,18)(H2,12,19)(H,13,14,15). The van der Waals surface area contributed by atoms with Crippen LogP contribution in [0.25, 0.3) is 0 Å². The Morgan fingerprint density at radius 1 is 1.38 bits per heavy atom. The first-order valence-corrected chi connectivity index (χ1v) is 5.92. The maximum Gasteiger partial charge on any atom is 0.329 e. The predicted molar refractivity (Wildman–Crippen MR) is 73.5 cm³/mol. The van der Waals surface area contributed by atoms with E-state index in [0.717, 1.165) is 11.1 Å². The summed E-state index contributed by atoms with van der Waals surface area (Å²) in [5.41, 5.74) is 9.68. The number of rotatable bonds is 8. The van der Waals surface area contributed by atoms with Crippen molar-refractivity contribution >= 4 is 29.3 Å². The molecule has 1 aromatic rings. The zero-order chi connectivity index (χ0) is 16.0. The number of primary amides is 2. The van der Waals surface area contributed by atoms with E-state index in [4.69, 9.17) is 11.5 Å². The van der Waals surface area contributed by atoms with Crippen LogP contribution in [-0.4, -0.2) is 46.3 Å². The molecule has 11 heteroatoms. The van der Waals surface area contributed by atoms with Crippen molar-refractivity contribution in [2.45, 2.75) is 6.92 Å². The average molecular weight is 297 g/mol. The Balaban J connectivity index is 3.29. The summed E-state index contributed by atoms with van der Waals surface area (Å²) in [6.07, 6.45) is 0.981. The van der Waals surface area contributed by atoms with Crippen molar-refractivity contribution in [3.8, 4) is 0 Å². The number of amides is 2. The van der Waals surface area contributed by atoms with Crippen LogP contribution < -0.4 is 21.7 Å². The van der Waals surface area contributed by atoms with Gasteiger partial charge in [0.1, 0.15) is 6.20 Å². The molecule has 1 heterocycles. The summed E-state index contributed by atoms with van der Waals surface area (Å²) in [6.45, 7) is 1.40. The van der Waals surface area contributed by atoms with E-state index in [1.165, 1.54) is 0 Å². The first-order valence-electron chi connectivity index (χ1n) is 5.92. The van der Waals surface area contributed by atoms with E-state index in [9.17, 15) is 19.7 Å². The van der Waals surface area contributed by atoms with Gasteiger partial charge < -0.3 is 21.7 Å². The number of anilines is 2. The van der Waals surface area contributed by atoms with Gasteiger partial charge in [0, 0.05) is 6.54 Å². The van der Waals surface area contributed by atoms with Gasteiger partial charge >= 0.3 is 5.69 Å². The molecule has 21 heavy (non-hydrogen) atoms. The van der Waals surface area contributed by atoms with Crippen molar-refractivity contribution in [2.24, 2.45) is 11.5 Å². The molecule has 0 aliphatic heterocycles. The molecule has 1 rings (SSSR count). The molecule has 0 aromatic carbocycles. The first kappa shape index (κ1) is 16.1. The quantitative estimate of drug-likeness (QED) is 0.388. The lowest BCUT2D eigenvalue weighted by molar-refractivity contribution is -0.384. The minimum absolute atomic E-state index is 0.122. The van der Waals surface area contributed by atoms with Crippen molar-refractivity contribution < 1.29 is 14.5 Å². The third-order valence-corrected chi connectivity index (χ3v) is 2.27. The minimum Gasteiger partial charge on any atom is -0.368 e. The normalized spacial score (nSPS) is 9.95. The van der Waals surface area contributed by atoms with Gasteiger partial charge in [0.15, 0.2) is 0 Å². The van der Waals surface area contributed by atoms with Gasteiger partial charge in [-0.3, -0.25) is 19.7 Å². The Labute approximate surface area is 119 Å². The first-order chi connectivity index (χ1) is 9.85. The van der Waals surface area contributed by atoms with Crippen molar-refractivity contribution in [3.63, 3.8) is 0 Å². The summed E-state index contributed by atoms with van der Waals surface area (Å²) in [6, 6.07) is 0. The Bertz CT molecular complexity index is 546. The molecule has 0 saturated heterocycles. The van der Waals surface area contributed by atoms with Crippen molar-refractivity contribution in [1.82, 2.24) is 9.97 Å². The maximum atomic E-state index is 11.1. The number of nitro groups is 1. The molecule has 0 atom stereocenters. The average Bonchev–Trinajstić information content (AvgIpc) is 2.36. The van der Waals surface area contributed by atoms with Crippen LogP contribution in [0.3, 0.4) is 0 Å². The molecule has 0 radical (unpaired) electrons. The van der Waals surface area contributed by atoms with E-state index in [2.05, 4.69) is 15.3 Å². The second-order valence-corrected chi connectivity index (χ2v) is 3.98. The third-order valence-electron chi connectivity index (χ3n) is 2.27. The lowest BCUT2D eigenvalue weighted by Gasteiger charge is -2.20. The van der Waals surface area contributed by atoms with Crippen LogP contribution >= 0.6 is 0 Å². The maximum absolute atomic E-state index is 11.1. The van der Waals surface area contributed by atoms with Gasteiger partial charge in [0.25, 0.3) is 0 Å². The zero-order valence-corrected chi connectivity index (χ0v) is 11.3. The van der Waals surface area contributed by atoms with Gasteiger partial charge in [-0.2, -0.15) is 4.98 Å². The van der Waals surface area contributed by atoms with Crippen LogP contribution in [0.4, 0.5) is 17.5 Å². The molecular formula is C10H15N7O4. The molecule has 1 aromatic heterocycles. The molecule has 0 aliphatic carbocycles. The van der Waals surface area contributed by atoms with E-state index in [-0.39, 0.29) is 11.8 Å². The van der Waals surface area contributed by atoms with Gasteiger partial charge in [-0.1, -0.05) is 0 Å². The van der Waals surface area contributed by atoms with Crippen LogP contribution in [0.15, 0.2) is 6.20 Å². The summed E-state index contributed by atoms with van der Waals surface area (Å²) in [5.74, 6) is -1.65. The van der Waals surface area contributed by atoms with Gasteiger partial charge in [-0.15, -0.1) is 0 Å². The molecule has 11 nitrogen and oxygen atoms in total. The Morgan fingerprint density at radius 3 is 2.38 bits per heavy atom. The fourth-order valence-corrected chi connectivity index (χ4v) is 1.55. The van der Waals surface area contributed by atoms with E-state index in [1.54, 1.807) is 6.92 Å². The predicted octanol–water partition coefficient (Wildman–Crippen LogP) is -1.41. The molecule has 0 bridgehead atoms. The van der Waals surface area contributed by atoms with Crippen LogP contribution in [0.5, 0.6) is 0 Å². The number of nitrogens with zero attached hydrogens (tertiary/aromatic N) is 4. The smallest absolute Gasteiger partial charge is 0.329 e. The number of nitrogens with one attached hydrogen (secondary N) is 1. The monoisotopic (exact) mass is 297 g/mol. The number of carbonyl (C=O) groups excluding carboxylic acids is 2. The Morgan fingerprint density at radius 2 is 1.95 bits per heavy atom. The van der Waals surface area contributed by atoms with Gasteiger partial charge in [0.05, 0.1) is 18.0 Å². The molecule has 114 valence electrons. The van der Waals surface area contributed by atoms with E-state index in [1.807, 2.05) is 0 Å². The topological polar surface area (TPSA) is 170 Å². The van der Waals surface area contributed by atoms with Gasteiger partial charge in [-0.25, -0.2) is 4.98 Å².